The third-order valence-corrected chi connectivity index (χ3v) is 4.66. The summed E-state index contributed by atoms with van der Waals surface area (Å²) in [6, 6.07) is 8.66. The molecule has 1 heterocycles. The van der Waals surface area contributed by atoms with Gasteiger partial charge in [0.25, 0.3) is 0 Å². The van der Waals surface area contributed by atoms with E-state index >= 15 is 0 Å². The average molecular weight is 299 g/mol. The molecule has 2 atom stereocenters. The molecule has 1 amide bonds. The highest BCUT2D eigenvalue weighted by molar-refractivity contribution is 7.99. The van der Waals surface area contributed by atoms with Gasteiger partial charge in [-0.2, -0.15) is 0 Å². The second-order valence-electron chi connectivity index (χ2n) is 4.92. The van der Waals surface area contributed by atoms with Crippen LogP contribution >= 0.6 is 24.2 Å². The van der Waals surface area contributed by atoms with Crippen LogP contribution in [0.2, 0.25) is 0 Å². The molecule has 1 aromatic rings. The van der Waals surface area contributed by atoms with Gasteiger partial charge in [-0.25, -0.2) is 0 Å². The molecule has 104 valence electrons. The van der Waals surface area contributed by atoms with E-state index in [1.165, 1.54) is 11.1 Å². The number of nitrogens with one attached hydrogen (secondary N) is 2. The highest BCUT2D eigenvalue weighted by atomic mass is 35.5. The van der Waals surface area contributed by atoms with E-state index in [4.69, 9.17) is 0 Å². The van der Waals surface area contributed by atoms with E-state index in [1.807, 2.05) is 0 Å². The number of hydrogen-bond donors (Lipinski definition) is 2. The number of fused-ring (bicyclic) bond motifs is 1. The highest BCUT2D eigenvalue weighted by Crippen LogP contribution is 2.29. The zero-order valence-corrected chi connectivity index (χ0v) is 12.4. The molecular weight excluding hydrogens is 280 g/mol. The van der Waals surface area contributed by atoms with Crippen LogP contribution in [0.1, 0.15) is 30.0 Å². The van der Waals surface area contributed by atoms with E-state index in [2.05, 4.69) is 34.9 Å². The van der Waals surface area contributed by atoms with Gasteiger partial charge in [0, 0.05) is 11.6 Å². The van der Waals surface area contributed by atoms with Crippen LogP contribution in [0.3, 0.4) is 0 Å². The van der Waals surface area contributed by atoms with Crippen molar-refractivity contribution in [3.63, 3.8) is 0 Å². The van der Waals surface area contributed by atoms with Crippen molar-refractivity contribution in [2.45, 2.75) is 31.3 Å². The summed E-state index contributed by atoms with van der Waals surface area (Å²) < 4.78 is 0. The van der Waals surface area contributed by atoms with Gasteiger partial charge in [0.05, 0.1) is 12.1 Å². The Hall–Kier alpha value is -0.710. The molecule has 1 aliphatic carbocycles. The number of aryl methyl sites for hydroxylation is 1. The zero-order valence-electron chi connectivity index (χ0n) is 10.7. The Morgan fingerprint density at radius 3 is 3.00 bits per heavy atom. The van der Waals surface area contributed by atoms with Gasteiger partial charge in [-0.15, -0.1) is 24.2 Å². The smallest absolute Gasteiger partial charge is 0.238 e. The second kappa shape index (κ2) is 6.64. The van der Waals surface area contributed by atoms with Crippen LogP contribution in [0.5, 0.6) is 0 Å². The van der Waals surface area contributed by atoms with Crippen molar-refractivity contribution < 1.29 is 4.79 Å². The van der Waals surface area contributed by atoms with E-state index in [9.17, 15) is 4.79 Å². The maximum atomic E-state index is 12.1. The number of amides is 1. The first kappa shape index (κ1) is 14.7. The lowest BCUT2D eigenvalue weighted by molar-refractivity contribution is -0.123. The first-order chi connectivity index (χ1) is 8.84. The lowest BCUT2D eigenvalue weighted by Crippen LogP contribution is -2.44. The van der Waals surface area contributed by atoms with E-state index in [0.717, 1.165) is 30.9 Å². The van der Waals surface area contributed by atoms with Crippen LogP contribution in [0.25, 0.3) is 0 Å². The van der Waals surface area contributed by atoms with Crippen molar-refractivity contribution in [2.24, 2.45) is 0 Å². The van der Waals surface area contributed by atoms with Gasteiger partial charge in [-0.3, -0.25) is 10.1 Å². The minimum Gasteiger partial charge on any atom is -0.348 e. The zero-order chi connectivity index (χ0) is 12.4. The molecule has 5 heteroatoms. The normalized spacial score (nSPS) is 25.3. The molecule has 1 aliphatic heterocycles. The minimum absolute atomic E-state index is 0. The van der Waals surface area contributed by atoms with E-state index in [1.54, 1.807) is 11.8 Å². The van der Waals surface area contributed by atoms with Gasteiger partial charge in [0.1, 0.15) is 0 Å². The monoisotopic (exact) mass is 298 g/mol. The molecule has 0 radical (unpaired) electrons. The third-order valence-electron chi connectivity index (χ3n) is 3.72. The molecule has 2 aliphatic rings. The highest BCUT2D eigenvalue weighted by Gasteiger charge is 2.27. The summed E-state index contributed by atoms with van der Waals surface area (Å²) in [5, 5.41) is 6.42. The summed E-state index contributed by atoms with van der Waals surface area (Å²) in [6.45, 7) is 0. The Morgan fingerprint density at radius 1 is 1.37 bits per heavy atom. The molecule has 0 aromatic heterocycles. The average Bonchev–Trinajstić information content (AvgIpc) is 2.93. The summed E-state index contributed by atoms with van der Waals surface area (Å²) in [7, 11) is 0. The van der Waals surface area contributed by atoms with Crippen LogP contribution in [-0.4, -0.2) is 23.6 Å². The number of rotatable bonds is 2. The minimum atomic E-state index is -0.0101. The summed E-state index contributed by atoms with van der Waals surface area (Å²) in [5.41, 5.74) is 2.70. The van der Waals surface area contributed by atoms with Gasteiger partial charge in [-0.1, -0.05) is 24.3 Å². The molecule has 0 bridgehead atoms. The molecule has 3 nitrogen and oxygen atoms in total. The SMILES string of the molecule is Cl.O=C(N[C@@H]1CCCc2ccccc21)[C@@H]1CSCN1. The fourth-order valence-corrected chi connectivity index (χ4v) is 3.68. The molecular formula is C14H19ClN2OS. The van der Waals surface area contributed by atoms with Crippen molar-refractivity contribution in [2.75, 3.05) is 11.6 Å². The predicted octanol–water partition coefficient (Wildman–Crippen LogP) is 2.26. The molecule has 0 spiro atoms. The van der Waals surface area contributed by atoms with Crippen molar-refractivity contribution >= 4 is 30.1 Å². The van der Waals surface area contributed by atoms with Crippen LogP contribution in [-0.2, 0) is 11.2 Å². The van der Waals surface area contributed by atoms with Gasteiger partial charge in [0.2, 0.25) is 5.91 Å². The predicted molar refractivity (Wildman–Crippen MR) is 81.8 cm³/mol. The summed E-state index contributed by atoms with van der Waals surface area (Å²) >= 11 is 1.79. The second-order valence-corrected chi connectivity index (χ2v) is 5.95. The van der Waals surface area contributed by atoms with Crippen molar-refractivity contribution in [1.82, 2.24) is 10.6 Å². The van der Waals surface area contributed by atoms with Gasteiger partial charge < -0.3 is 5.32 Å². The van der Waals surface area contributed by atoms with Crippen molar-refractivity contribution in [3.05, 3.63) is 35.4 Å². The van der Waals surface area contributed by atoms with E-state index in [0.29, 0.717) is 0 Å². The molecule has 2 N–H and O–H groups in total. The van der Waals surface area contributed by atoms with Crippen LogP contribution in [0.4, 0.5) is 0 Å². The molecule has 0 unspecified atom stereocenters. The van der Waals surface area contributed by atoms with E-state index < -0.39 is 0 Å². The Labute approximate surface area is 124 Å². The lowest BCUT2D eigenvalue weighted by atomic mass is 9.87. The van der Waals surface area contributed by atoms with Gasteiger partial charge in [0.15, 0.2) is 0 Å². The molecule has 0 saturated carbocycles. The largest absolute Gasteiger partial charge is 0.348 e. The van der Waals surface area contributed by atoms with Gasteiger partial charge in [-0.05, 0) is 30.4 Å². The number of benzene rings is 1. The quantitative estimate of drug-likeness (QED) is 0.880. The maximum absolute atomic E-state index is 12.1. The summed E-state index contributed by atoms with van der Waals surface area (Å²) in [5.74, 6) is 1.93. The van der Waals surface area contributed by atoms with Crippen LogP contribution in [0.15, 0.2) is 24.3 Å². The fourth-order valence-electron chi connectivity index (χ4n) is 2.74. The first-order valence-corrected chi connectivity index (χ1v) is 7.69. The van der Waals surface area contributed by atoms with Crippen molar-refractivity contribution in [3.8, 4) is 0 Å². The molecule has 1 fully saturated rings. The first-order valence-electron chi connectivity index (χ1n) is 6.54. The van der Waals surface area contributed by atoms with E-state index in [-0.39, 0.29) is 30.4 Å². The Balaban J connectivity index is 0.00000133. The lowest BCUT2D eigenvalue weighted by Gasteiger charge is -2.27. The van der Waals surface area contributed by atoms with Crippen molar-refractivity contribution in [1.29, 1.82) is 0 Å². The maximum Gasteiger partial charge on any atom is 0.238 e. The number of hydrogen-bond acceptors (Lipinski definition) is 3. The Kier molecular flexibility index (Phi) is 5.13. The molecule has 19 heavy (non-hydrogen) atoms. The number of thioether (sulfide) groups is 1. The Bertz CT molecular complexity index is 449. The Morgan fingerprint density at radius 2 is 2.21 bits per heavy atom. The van der Waals surface area contributed by atoms with Crippen LogP contribution < -0.4 is 10.6 Å². The fraction of sp³-hybridized carbons (Fsp3) is 0.500. The number of carbonyl (C=O) groups is 1. The van der Waals surface area contributed by atoms with Gasteiger partial charge >= 0.3 is 0 Å². The molecule has 1 aromatic carbocycles. The van der Waals surface area contributed by atoms with Crippen LogP contribution in [0, 0.1) is 0 Å². The molecule has 1 saturated heterocycles. The molecule has 3 rings (SSSR count). The summed E-state index contributed by atoms with van der Waals surface area (Å²) in [4.78, 5) is 12.1. The standard InChI is InChI=1S/C14H18N2OS.ClH/c17-14(13-8-18-9-15-13)16-12-7-3-5-10-4-1-2-6-11(10)12;/h1-2,4,6,12-13,15H,3,5,7-9H2,(H,16,17);1H/t12-,13+;/m1./s1. The topological polar surface area (TPSA) is 41.1 Å². The number of halogens is 1. The third kappa shape index (κ3) is 3.25. The summed E-state index contributed by atoms with van der Waals surface area (Å²) in [6.07, 6.45) is 3.36. The number of carbonyl (C=O) groups excluding carboxylic acids is 1.